The summed E-state index contributed by atoms with van der Waals surface area (Å²) < 4.78 is 81.4. The number of sulfonamides is 2. The van der Waals surface area contributed by atoms with Gasteiger partial charge in [-0.05, 0) is 47.5 Å². The maximum Gasteiger partial charge on any atom is 0.264 e. The van der Waals surface area contributed by atoms with Gasteiger partial charge >= 0.3 is 0 Å². The van der Waals surface area contributed by atoms with E-state index in [-0.39, 0.29) is 35.6 Å². The third kappa shape index (κ3) is 6.85. The van der Waals surface area contributed by atoms with Gasteiger partial charge in [-0.3, -0.25) is 0 Å². The molecule has 0 saturated carbocycles. The second-order valence-electron chi connectivity index (χ2n) is 8.90. The Balaban J connectivity index is 1.74. The lowest BCUT2D eigenvalue weighted by Gasteiger charge is -2.20. The Labute approximate surface area is 226 Å². The quantitative estimate of drug-likeness (QED) is 0.328. The van der Waals surface area contributed by atoms with E-state index in [0.29, 0.717) is 11.3 Å². The van der Waals surface area contributed by atoms with Gasteiger partial charge in [-0.25, -0.2) is 44.6 Å². The van der Waals surface area contributed by atoms with Crippen molar-refractivity contribution in [1.82, 2.24) is 14.0 Å². The van der Waals surface area contributed by atoms with Gasteiger partial charge in [0.05, 0.1) is 29.4 Å². The zero-order valence-electron chi connectivity index (χ0n) is 21.2. The van der Waals surface area contributed by atoms with Crippen LogP contribution in [0, 0.1) is 11.6 Å². The second-order valence-corrected chi connectivity index (χ2v) is 12.9. The van der Waals surface area contributed by atoms with E-state index in [1.165, 1.54) is 31.2 Å². The highest BCUT2D eigenvalue weighted by Gasteiger charge is 2.33. The topological polar surface area (TPSA) is 112 Å². The van der Waals surface area contributed by atoms with Crippen molar-refractivity contribution in [2.24, 2.45) is 10.1 Å². The number of aliphatic imine (C=N–C) groups is 1. The first-order valence-electron chi connectivity index (χ1n) is 11.9. The molecule has 13 heteroatoms. The van der Waals surface area contributed by atoms with Crippen LogP contribution in [0.4, 0.5) is 8.78 Å². The van der Waals surface area contributed by atoms with Crippen LogP contribution >= 0.6 is 0 Å². The monoisotopic (exact) mass is 575 g/mol. The number of rotatable bonds is 8. The third-order valence-electron chi connectivity index (χ3n) is 6.02. The van der Waals surface area contributed by atoms with E-state index >= 15 is 0 Å². The molecule has 0 spiro atoms. The fourth-order valence-electron chi connectivity index (χ4n) is 3.87. The van der Waals surface area contributed by atoms with E-state index in [1.807, 2.05) is 30.3 Å². The first-order valence-corrected chi connectivity index (χ1v) is 15.0. The lowest BCUT2D eigenvalue weighted by molar-refractivity contribution is 0.461. The summed E-state index contributed by atoms with van der Waals surface area (Å²) in [5.41, 5.74) is 2.07. The van der Waals surface area contributed by atoms with Crippen LogP contribution in [0.3, 0.4) is 0 Å². The second kappa shape index (κ2) is 11.6. The summed E-state index contributed by atoms with van der Waals surface area (Å²) in [7, 11) is -5.07. The van der Waals surface area contributed by atoms with Gasteiger partial charge in [-0.2, -0.15) is 5.10 Å². The summed E-state index contributed by atoms with van der Waals surface area (Å²) in [6.07, 6.45) is 0. The molecule has 1 atom stereocenters. The summed E-state index contributed by atoms with van der Waals surface area (Å²) in [5.74, 6) is -1.92. The summed E-state index contributed by atoms with van der Waals surface area (Å²) in [5, 5.41) is 5.99. The van der Waals surface area contributed by atoms with Gasteiger partial charge in [0.15, 0.2) is 0 Å². The van der Waals surface area contributed by atoms with Crippen molar-refractivity contribution in [3.8, 4) is 0 Å². The number of hydrogen-bond donors (Lipinski definition) is 1. The number of hydrogen-bond acceptors (Lipinski definition) is 6. The van der Waals surface area contributed by atoms with Gasteiger partial charge in [0, 0.05) is 20.0 Å². The Morgan fingerprint density at radius 3 is 2.13 bits per heavy atom. The maximum atomic E-state index is 13.6. The summed E-state index contributed by atoms with van der Waals surface area (Å²) in [6, 6.07) is 19.4. The standard InChI is InChI=1S/C26H27F2N5O4S2/c1-32(2)38(34,35)17-16-29-26(31-39(36,37)23-14-12-22(28)13-15-23)33-18-24(19-6-4-3-5-7-19)25(30-33)20-8-10-21(27)11-9-20/h3-15,24H,16-18H2,1-2H3,(H,29,31)/t24-/m1/s1. The molecule has 3 aromatic rings. The number of hydrazone groups is 1. The predicted molar refractivity (Wildman–Crippen MR) is 145 cm³/mol. The van der Waals surface area contributed by atoms with Crippen molar-refractivity contribution >= 4 is 31.7 Å². The maximum absolute atomic E-state index is 13.6. The fraction of sp³-hybridized carbons (Fsp3) is 0.231. The number of nitrogens with zero attached hydrogens (tertiary/aromatic N) is 4. The van der Waals surface area contributed by atoms with E-state index in [9.17, 15) is 25.6 Å². The van der Waals surface area contributed by atoms with E-state index in [2.05, 4.69) is 14.8 Å². The van der Waals surface area contributed by atoms with Crippen molar-refractivity contribution < 1.29 is 25.6 Å². The zero-order chi connectivity index (χ0) is 28.2. The number of benzene rings is 3. The average Bonchev–Trinajstić information content (AvgIpc) is 3.34. The van der Waals surface area contributed by atoms with Gasteiger partial charge in [0.2, 0.25) is 16.0 Å². The van der Waals surface area contributed by atoms with E-state index in [4.69, 9.17) is 0 Å². The number of guanidine groups is 1. The average molecular weight is 576 g/mol. The minimum absolute atomic E-state index is 0.169. The Hall–Kier alpha value is -3.68. The molecule has 3 aromatic carbocycles. The molecule has 206 valence electrons. The largest absolute Gasteiger partial charge is 0.264 e. The highest BCUT2D eigenvalue weighted by Crippen LogP contribution is 2.29. The Bertz CT molecular complexity index is 1580. The van der Waals surface area contributed by atoms with Crippen molar-refractivity contribution in [3.05, 3.63) is 102 Å². The van der Waals surface area contributed by atoms with Crippen LogP contribution in [0.15, 0.2) is 93.9 Å². The minimum Gasteiger partial charge on any atom is -0.250 e. The number of halogens is 2. The number of nitrogens with one attached hydrogen (secondary N) is 1. The van der Waals surface area contributed by atoms with Crippen molar-refractivity contribution in [2.45, 2.75) is 10.8 Å². The molecule has 0 radical (unpaired) electrons. The van der Waals surface area contributed by atoms with Crippen molar-refractivity contribution in [2.75, 3.05) is 32.9 Å². The fourth-order valence-corrected chi connectivity index (χ4v) is 5.58. The summed E-state index contributed by atoms with van der Waals surface area (Å²) in [4.78, 5) is 4.07. The Kier molecular flexibility index (Phi) is 8.42. The molecule has 0 aromatic heterocycles. The first kappa shape index (κ1) is 28.3. The first-order chi connectivity index (χ1) is 18.5. The van der Waals surface area contributed by atoms with Gasteiger partial charge in [0.1, 0.15) is 11.6 Å². The zero-order valence-corrected chi connectivity index (χ0v) is 22.8. The van der Waals surface area contributed by atoms with Gasteiger partial charge < -0.3 is 0 Å². The lowest BCUT2D eigenvalue weighted by Crippen LogP contribution is -2.41. The van der Waals surface area contributed by atoms with Gasteiger partial charge in [-0.15, -0.1) is 0 Å². The minimum atomic E-state index is -4.23. The SMILES string of the molecule is CN(C)S(=O)(=O)CCN=C(NS(=O)(=O)c1ccc(F)cc1)N1C[C@H](c2ccccc2)C(c2ccc(F)cc2)=N1. The highest BCUT2D eigenvalue weighted by molar-refractivity contribution is 7.90. The highest BCUT2D eigenvalue weighted by atomic mass is 32.2. The van der Waals surface area contributed by atoms with E-state index < -0.39 is 31.7 Å². The molecule has 1 aliphatic rings. The van der Waals surface area contributed by atoms with E-state index in [1.54, 1.807) is 12.1 Å². The van der Waals surface area contributed by atoms with Crippen molar-refractivity contribution in [3.63, 3.8) is 0 Å². The van der Waals surface area contributed by atoms with Crippen LogP contribution in [0.25, 0.3) is 0 Å². The predicted octanol–water partition coefficient (Wildman–Crippen LogP) is 2.99. The Morgan fingerprint density at radius 1 is 0.949 bits per heavy atom. The van der Waals surface area contributed by atoms with Crippen LogP contribution in [0.2, 0.25) is 0 Å². The molecule has 1 aliphatic heterocycles. The molecule has 1 heterocycles. The van der Waals surface area contributed by atoms with Gasteiger partial charge in [0.25, 0.3) is 10.0 Å². The third-order valence-corrected chi connectivity index (χ3v) is 9.17. The molecule has 4 rings (SSSR count). The summed E-state index contributed by atoms with van der Waals surface area (Å²) >= 11 is 0. The molecule has 0 bridgehead atoms. The molecule has 0 amide bonds. The van der Waals surface area contributed by atoms with Crippen LogP contribution in [0.5, 0.6) is 0 Å². The summed E-state index contributed by atoms with van der Waals surface area (Å²) in [6.45, 7) is -0.0857. The van der Waals surface area contributed by atoms with Crippen LogP contribution in [0.1, 0.15) is 17.0 Å². The van der Waals surface area contributed by atoms with Gasteiger partial charge in [-0.1, -0.05) is 42.5 Å². The molecule has 9 nitrogen and oxygen atoms in total. The molecule has 0 unspecified atom stereocenters. The van der Waals surface area contributed by atoms with E-state index in [0.717, 1.165) is 34.1 Å². The normalized spacial score (nSPS) is 16.4. The molecule has 0 aliphatic carbocycles. The molecule has 0 saturated heterocycles. The van der Waals surface area contributed by atoms with Crippen LogP contribution in [-0.4, -0.2) is 70.8 Å². The molecule has 39 heavy (non-hydrogen) atoms. The molecule has 1 N–H and O–H groups in total. The molecular formula is C26H27F2N5O4S2. The molecular weight excluding hydrogens is 548 g/mol. The van der Waals surface area contributed by atoms with Crippen molar-refractivity contribution in [1.29, 1.82) is 0 Å². The molecule has 0 fully saturated rings. The Morgan fingerprint density at radius 2 is 1.54 bits per heavy atom. The lowest BCUT2D eigenvalue weighted by atomic mass is 9.91. The smallest absolute Gasteiger partial charge is 0.250 e. The van der Waals surface area contributed by atoms with Crippen LogP contribution < -0.4 is 4.72 Å². The van der Waals surface area contributed by atoms with Crippen LogP contribution in [-0.2, 0) is 20.0 Å².